The Balaban J connectivity index is 1.85. The number of hydrogen-bond acceptors (Lipinski definition) is 3. The van der Waals surface area contributed by atoms with E-state index >= 15 is 0 Å². The normalized spacial score (nSPS) is 14.8. The average molecular weight is 299 g/mol. The summed E-state index contributed by atoms with van der Waals surface area (Å²) in [5.41, 5.74) is 4.87. The minimum atomic E-state index is 0.756. The molecule has 2 aromatic rings. The third kappa shape index (κ3) is 3.17. The molecule has 0 spiro atoms. The lowest BCUT2D eigenvalue weighted by Crippen LogP contribution is -2.31. The van der Waals surface area contributed by atoms with Crippen LogP contribution in [0.1, 0.15) is 37.9 Å². The summed E-state index contributed by atoms with van der Waals surface area (Å²) in [4.78, 5) is 2.51. The molecule has 4 nitrogen and oxygen atoms in total. The average Bonchev–Trinajstić information content (AvgIpc) is 2.97. The number of fused-ring (bicyclic) bond motifs is 1. The molecule has 118 valence electrons. The molecule has 0 saturated heterocycles. The van der Waals surface area contributed by atoms with Gasteiger partial charge in [-0.3, -0.25) is 10.00 Å². The molecular formula is C18H25N3O. The van der Waals surface area contributed by atoms with Gasteiger partial charge < -0.3 is 4.74 Å². The molecule has 4 heteroatoms. The van der Waals surface area contributed by atoms with Crippen LogP contribution in [0.3, 0.4) is 0 Å². The third-order valence-corrected chi connectivity index (χ3v) is 4.13. The molecule has 0 fully saturated rings. The van der Waals surface area contributed by atoms with E-state index in [1.807, 2.05) is 12.1 Å². The Morgan fingerprint density at radius 2 is 2.18 bits per heavy atom. The highest BCUT2D eigenvalue weighted by molar-refractivity contribution is 5.65. The van der Waals surface area contributed by atoms with E-state index in [0.717, 1.165) is 56.1 Å². The molecule has 1 aliphatic rings. The van der Waals surface area contributed by atoms with E-state index in [0.29, 0.717) is 0 Å². The van der Waals surface area contributed by atoms with E-state index in [4.69, 9.17) is 4.74 Å². The van der Waals surface area contributed by atoms with Gasteiger partial charge in [-0.25, -0.2) is 0 Å². The van der Waals surface area contributed by atoms with Crippen molar-refractivity contribution >= 4 is 0 Å². The first-order chi connectivity index (χ1) is 10.8. The molecule has 0 radical (unpaired) electrons. The molecule has 2 heterocycles. The summed E-state index contributed by atoms with van der Waals surface area (Å²) in [6, 6.07) is 8.29. The van der Waals surface area contributed by atoms with Gasteiger partial charge in [-0.15, -0.1) is 0 Å². The summed E-state index contributed by atoms with van der Waals surface area (Å²) in [5.74, 6) is 0.928. The van der Waals surface area contributed by atoms with Crippen LogP contribution in [-0.2, 0) is 13.0 Å². The molecule has 0 unspecified atom stereocenters. The molecule has 0 amide bonds. The van der Waals surface area contributed by atoms with Gasteiger partial charge in [0.25, 0.3) is 0 Å². The Bertz CT molecular complexity index is 621. The van der Waals surface area contributed by atoms with E-state index < -0.39 is 0 Å². The number of H-pyrrole nitrogens is 1. The fraction of sp³-hybridized carbons (Fsp3) is 0.500. The number of nitrogens with one attached hydrogen (secondary N) is 1. The second-order valence-electron chi connectivity index (χ2n) is 5.93. The van der Waals surface area contributed by atoms with E-state index in [-0.39, 0.29) is 0 Å². The van der Waals surface area contributed by atoms with Gasteiger partial charge in [0.1, 0.15) is 5.75 Å². The largest absolute Gasteiger partial charge is 0.494 e. The summed E-state index contributed by atoms with van der Waals surface area (Å²) in [5, 5.41) is 7.81. The SMILES string of the molecule is CCCOc1cccc(-c2n[nH]c3c2CN(CCC)CC3)c1. The van der Waals surface area contributed by atoms with Crippen molar-refractivity contribution in [3.63, 3.8) is 0 Å². The first-order valence-electron chi connectivity index (χ1n) is 8.33. The monoisotopic (exact) mass is 299 g/mol. The van der Waals surface area contributed by atoms with Gasteiger partial charge in [-0.1, -0.05) is 26.0 Å². The number of ether oxygens (including phenoxy) is 1. The maximum absolute atomic E-state index is 5.75. The van der Waals surface area contributed by atoms with Crippen molar-refractivity contribution in [2.75, 3.05) is 19.7 Å². The highest BCUT2D eigenvalue weighted by Gasteiger charge is 2.22. The van der Waals surface area contributed by atoms with Gasteiger partial charge in [0.15, 0.2) is 0 Å². The summed E-state index contributed by atoms with van der Waals surface area (Å²) in [7, 11) is 0. The zero-order valence-electron chi connectivity index (χ0n) is 13.6. The molecule has 1 aromatic carbocycles. The zero-order valence-corrected chi connectivity index (χ0v) is 13.6. The predicted molar refractivity (Wildman–Crippen MR) is 89.1 cm³/mol. The van der Waals surface area contributed by atoms with Gasteiger partial charge in [0.2, 0.25) is 0 Å². The number of benzene rings is 1. The second kappa shape index (κ2) is 6.97. The van der Waals surface area contributed by atoms with E-state index in [1.165, 1.54) is 17.7 Å². The van der Waals surface area contributed by atoms with Crippen LogP contribution in [-0.4, -0.2) is 34.8 Å². The molecular weight excluding hydrogens is 274 g/mol. The second-order valence-corrected chi connectivity index (χ2v) is 5.93. The molecule has 22 heavy (non-hydrogen) atoms. The molecule has 0 bridgehead atoms. The Morgan fingerprint density at radius 3 is 3.00 bits per heavy atom. The Hall–Kier alpha value is -1.81. The maximum atomic E-state index is 5.75. The molecule has 0 saturated carbocycles. The lowest BCUT2D eigenvalue weighted by molar-refractivity contribution is 0.254. The van der Waals surface area contributed by atoms with Gasteiger partial charge in [0, 0.05) is 36.3 Å². The van der Waals surface area contributed by atoms with Crippen LogP contribution in [0.5, 0.6) is 5.75 Å². The summed E-state index contributed by atoms with van der Waals surface area (Å²) >= 11 is 0. The number of rotatable bonds is 6. The third-order valence-electron chi connectivity index (χ3n) is 4.13. The zero-order chi connectivity index (χ0) is 15.4. The fourth-order valence-corrected chi connectivity index (χ4v) is 3.05. The molecule has 1 aliphatic heterocycles. The fourth-order valence-electron chi connectivity index (χ4n) is 3.05. The minimum Gasteiger partial charge on any atom is -0.494 e. The summed E-state index contributed by atoms with van der Waals surface area (Å²) < 4.78 is 5.75. The Labute approximate surface area is 132 Å². The Morgan fingerprint density at radius 1 is 1.27 bits per heavy atom. The molecule has 0 aliphatic carbocycles. The van der Waals surface area contributed by atoms with Crippen LogP contribution in [0.25, 0.3) is 11.3 Å². The first-order valence-corrected chi connectivity index (χ1v) is 8.33. The number of nitrogens with zero attached hydrogens (tertiary/aromatic N) is 2. The van der Waals surface area contributed by atoms with Crippen molar-refractivity contribution < 1.29 is 4.74 Å². The highest BCUT2D eigenvalue weighted by atomic mass is 16.5. The van der Waals surface area contributed by atoms with E-state index in [1.54, 1.807) is 0 Å². The van der Waals surface area contributed by atoms with E-state index in [2.05, 4.69) is 41.1 Å². The standard InChI is InChI=1S/C18H25N3O/c1-3-9-21-10-8-17-16(13-21)18(20-19-17)14-6-5-7-15(12-14)22-11-4-2/h5-7,12H,3-4,8-11,13H2,1-2H3,(H,19,20). The van der Waals surface area contributed by atoms with Crippen LogP contribution in [0.4, 0.5) is 0 Å². The quantitative estimate of drug-likeness (QED) is 0.885. The Kier molecular flexibility index (Phi) is 4.78. The smallest absolute Gasteiger partial charge is 0.119 e. The van der Waals surface area contributed by atoms with Crippen molar-refractivity contribution in [1.29, 1.82) is 0 Å². The number of aromatic nitrogens is 2. The summed E-state index contributed by atoms with van der Waals surface area (Å²) in [6.07, 6.45) is 3.28. The van der Waals surface area contributed by atoms with Gasteiger partial charge in [-0.2, -0.15) is 5.10 Å². The van der Waals surface area contributed by atoms with Crippen molar-refractivity contribution in [2.24, 2.45) is 0 Å². The molecule has 1 N–H and O–H groups in total. The molecule has 1 aromatic heterocycles. The van der Waals surface area contributed by atoms with Crippen molar-refractivity contribution in [1.82, 2.24) is 15.1 Å². The van der Waals surface area contributed by atoms with Crippen LogP contribution < -0.4 is 4.74 Å². The first kappa shape index (κ1) is 15.1. The van der Waals surface area contributed by atoms with Crippen LogP contribution >= 0.6 is 0 Å². The van der Waals surface area contributed by atoms with Gasteiger partial charge in [0.05, 0.1) is 12.3 Å². The highest BCUT2D eigenvalue weighted by Crippen LogP contribution is 2.30. The van der Waals surface area contributed by atoms with Crippen molar-refractivity contribution in [2.45, 2.75) is 39.7 Å². The molecule has 0 atom stereocenters. The number of hydrogen-bond donors (Lipinski definition) is 1. The van der Waals surface area contributed by atoms with Gasteiger partial charge >= 0.3 is 0 Å². The molecule has 3 rings (SSSR count). The predicted octanol–water partition coefficient (Wildman–Crippen LogP) is 3.63. The van der Waals surface area contributed by atoms with E-state index in [9.17, 15) is 0 Å². The van der Waals surface area contributed by atoms with Crippen molar-refractivity contribution in [3.05, 3.63) is 35.5 Å². The maximum Gasteiger partial charge on any atom is 0.119 e. The van der Waals surface area contributed by atoms with Crippen molar-refractivity contribution in [3.8, 4) is 17.0 Å². The van der Waals surface area contributed by atoms with Crippen LogP contribution in [0, 0.1) is 0 Å². The lowest BCUT2D eigenvalue weighted by Gasteiger charge is -2.26. The topological polar surface area (TPSA) is 41.1 Å². The minimum absolute atomic E-state index is 0.756. The summed E-state index contributed by atoms with van der Waals surface area (Å²) in [6.45, 7) is 8.39. The van der Waals surface area contributed by atoms with Crippen LogP contribution in [0.15, 0.2) is 24.3 Å². The van der Waals surface area contributed by atoms with Gasteiger partial charge in [-0.05, 0) is 31.5 Å². The van der Waals surface area contributed by atoms with Crippen LogP contribution in [0.2, 0.25) is 0 Å². The lowest BCUT2D eigenvalue weighted by atomic mass is 10.0. The number of aromatic amines is 1.